The minimum atomic E-state index is 0.0947. The highest BCUT2D eigenvalue weighted by Gasteiger charge is 2.15. The second-order valence-electron chi connectivity index (χ2n) is 5.11. The molecule has 0 fully saturated rings. The normalized spacial score (nSPS) is 12.6. The zero-order valence-corrected chi connectivity index (χ0v) is 12.9. The second-order valence-corrected chi connectivity index (χ2v) is 5.49. The standard InChI is InChI=1S/C15H16ClN5/c1-9-4-6-12(7-5-9)10(2)19-14-13(16)11(3)20-15-17-8-18-21(14)15/h4-8,10,19H,1-3H3/t10-/m0/s1. The Hall–Kier alpha value is -2.14. The molecular formula is C15H16ClN5. The Morgan fingerprint density at radius 1 is 1.19 bits per heavy atom. The molecule has 0 saturated heterocycles. The summed E-state index contributed by atoms with van der Waals surface area (Å²) < 4.78 is 1.63. The number of rotatable bonds is 3. The first-order chi connectivity index (χ1) is 10.1. The van der Waals surface area contributed by atoms with Gasteiger partial charge in [0.1, 0.15) is 11.3 Å². The smallest absolute Gasteiger partial charge is 0.254 e. The molecule has 5 nitrogen and oxygen atoms in total. The van der Waals surface area contributed by atoms with Gasteiger partial charge in [-0.05, 0) is 26.3 Å². The monoisotopic (exact) mass is 301 g/mol. The first-order valence-corrected chi connectivity index (χ1v) is 7.13. The van der Waals surface area contributed by atoms with Gasteiger partial charge >= 0.3 is 0 Å². The van der Waals surface area contributed by atoms with Crippen molar-refractivity contribution in [2.45, 2.75) is 26.8 Å². The van der Waals surface area contributed by atoms with Crippen molar-refractivity contribution in [2.75, 3.05) is 5.32 Å². The van der Waals surface area contributed by atoms with E-state index in [0.29, 0.717) is 16.6 Å². The van der Waals surface area contributed by atoms with E-state index < -0.39 is 0 Å². The maximum Gasteiger partial charge on any atom is 0.254 e. The SMILES string of the molecule is Cc1ccc([C@H](C)Nc2c(Cl)c(C)nc3ncnn23)cc1. The van der Waals surface area contributed by atoms with Gasteiger partial charge in [-0.25, -0.2) is 4.98 Å². The Bertz CT molecular complexity index is 779. The fraction of sp³-hybridized carbons (Fsp3) is 0.267. The number of aromatic nitrogens is 4. The van der Waals surface area contributed by atoms with Gasteiger partial charge in [-0.1, -0.05) is 41.4 Å². The average molecular weight is 302 g/mol. The van der Waals surface area contributed by atoms with Gasteiger partial charge in [0.05, 0.1) is 5.69 Å². The van der Waals surface area contributed by atoms with Crippen molar-refractivity contribution in [1.29, 1.82) is 0 Å². The summed E-state index contributed by atoms with van der Waals surface area (Å²) in [7, 11) is 0. The molecule has 3 aromatic rings. The topological polar surface area (TPSA) is 55.1 Å². The lowest BCUT2D eigenvalue weighted by molar-refractivity contribution is 0.837. The van der Waals surface area contributed by atoms with Gasteiger partial charge in [0.2, 0.25) is 0 Å². The summed E-state index contributed by atoms with van der Waals surface area (Å²) in [6.07, 6.45) is 1.47. The van der Waals surface area contributed by atoms with Crippen LogP contribution in [0.3, 0.4) is 0 Å². The molecule has 0 radical (unpaired) electrons. The fourth-order valence-corrected chi connectivity index (χ4v) is 2.38. The molecule has 2 heterocycles. The summed E-state index contributed by atoms with van der Waals surface area (Å²) in [4.78, 5) is 8.42. The lowest BCUT2D eigenvalue weighted by atomic mass is 10.1. The summed E-state index contributed by atoms with van der Waals surface area (Å²) in [6.45, 7) is 6.02. The third-order valence-electron chi connectivity index (χ3n) is 3.47. The van der Waals surface area contributed by atoms with Crippen molar-refractivity contribution in [3.8, 4) is 0 Å². The van der Waals surface area contributed by atoms with Crippen molar-refractivity contribution in [3.63, 3.8) is 0 Å². The molecular weight excluding hydrogens is 286 g/mol. The molecule has 6 heteroatoms. The minimum Gasteiger partial charge on any atom is -0.362 e. The van der Waals surface area contributed by atoms with E-state index in [2.05, 4.69) is 58.5 Å². The maximum absolute atomic E-state index is 6.37. The van der Waals surface area contributed by atoms with Crippen LogP contribution in [0, 0.1) is 13.8 Å². The summed E-state index contributed by atoms with van der Waals surface area (Å²) in [5.74, 6) is 1.25. The highest BCUT2D eigenvalue weighted by atomic mass is 35.5. The molecule has 21 heavy (non-hydrogen) atoms. The molecule has 0 aliphatic rings. The molecule has 0 saturated carbocycles. The van der Waals surface area contributed by atoms with Crippen LogP contribution in [0.25, 0.3) is 5.78 Å². The third kappa shape index (κ3) is 2.56. The lowest BCUT2D eigenvalue weighted by Crippen LogP contribution is -2.12. The van der Waals surface area contributed by atoms with E-state index in [1.54, 1.807) is 4.52 Å². The molecule has 3 rings (SSSR count). The summed E-state index contributed by atoms with van der Waals surface area (Å²) in [5.41, 5.74) is 3.15. The Balaban J connectivity index is 1.99. The van der Waals surface area contributed by atoms with Crippen LogP contribution in [0.2, 0.25) is 5.02 Å². The number of halogens is 1. The molecule has 0 amide bonds. The number of fused-ring (bicyclic) bond motifs is 1. The van der Waals surface area contributed by atoms with Gasteiger partial charge in [0, 0.05) is 6.04 Å². The molecule has 0 aliphatic heterocycles. The van der Waals surface area contributed by atoms with Gasteiger partial charge in [0.15, 0.2) is 5.82 Å². The number of benzene rings is 1. The van der Waals surface area contributed by atoms with Crippen molar-refractivity contribution in [3.05, 3.63) is 52.4 Å². The predicted octanol–water partition coefficient (Wildman–Crippen LogP) is 3.57. The zero-order chi connectivity index (χ0) is 15.0. The van der Waals surface area contributed by atoms with E-state index in [9.17, 15) is 0 Å². The number of anilines is 1. The summed E-state index contributed by atoms with van der Waals surface area (Å²) in [5, 5.41) is 8.14. The second kappa shape index (κ2) is 5.33. The average Bonchev–Trinajstić information content (AvgIpc) is 2.92. The van der Waals surface area contributed by atoms with Crippen molar-refractivity contribution < 1.29 is 0 Å². The lowest BCUT2D eigenvalue weighted by Gasteiger charge is -2.18. The Kier molecular flexibility index (Phi) is 3.51. The molecule has 0 bridgehead atoms. The molecule has 2 aromatic heterocycles. The molecule has 1 N–H and O–H groups in total. The Morgan fingerprint density at radius 3 is 2.62 bits per heavy atom. The number of hydrogen-bond acceptors (Lipinski definition) is 4. The van der Waals surface area contributed by atoms with E-state index in [-0.39, 0.29) is 6.04 Å². The first kappa shape index (κ1) is 13.8. The first-order valence-electron chi connectivity index (χ1n) is 6.75. The van der Waals surface area contributed by atoms with Gasteiger partial charge in [-0.15, -0.1) is 0 Å². The van der Waals surface area contributed by atoms with Gasteiger partial charge in [-0.3, -0.25) is 0 Å². The zero-order valence-electron chi connectivity index (χ0n) is 12.1. The number of nitrogens with zero attached hydrogens (tertiary/aromatic N) is 4. The van der Waals surface area contributed by atoms with E-state index in [1.165, 1.54) is 17.5 Å². The number of hydrogen-bond donors (Lipinski definition) is 1. The summed E-state index contributed by atoms with van der Waals surface area (Å²) >= 11 is 6.37. The largest absolute Gasteiger partial charge is 0.362 e. The van der Waals surface area contributed by atoms with Crippen molar-refractivity contribution in [2.24, 2.45) is 0 Å². The Labute approximate surface area is 128 Å². The maximum atomic E-state index is 6.37. The van der Waals surface area contributed by atoms with Crippen molar-refractivity contribution in [1.82, 2.24) is 19.6 Å². The molecule has 0 aliphatic carbocycles. The fourth-order valence-electron chi connectivity index (χ4n) is 2.20. The van der Waals surface area contributed by atoms with Crippen LogP contribution in [0.5, 0.6) is 0 Å². The van der Waals surface area contributed by atoms with Gasteiger partial charge in [-0.2, -0.15) is 14.6 Å². The van der Waals surface area contributed by atoms with Crippen LogP contribution >= 0.6 is 11.6 Å². The van der Waals surface area contributed by atoms with E-state index >= 15 is 0 Å². The molecule has 1 aromatic carbocycles. The highest BCUT2D eigenvalue weighted by Crippen LogP contribution is 2.28. The minimum absolute atomic E-state index is 0.0947. The summed E-state index contributed by atoms with van der Waals surface area (Å²) in [6, 6.07) is 8.49. The van der Waals surface area contributed by atoms with Gasteiger partial charge in [0.25, 0.3) is 5.78 Å². The predicted molar refractivity (Wildman–Crippen MR) is 83.7 cm³/mol. The van der Waals surface area contributed by atoms with E-state index in [1.807, 2.05) is 6.92 Å². The van der Waals surface area contributed by atoms with E-state index in [4.69, 9.17) is 11.6 Å². The number of aryl methyl sites for hydroxylation is 2. The van der Waals surface area contributed by atoms with Crippen molar-refractivity contribution >= 4 is 23.2 Å². The van der Waals surface area contributed by atoms with Crippen LogP contribution < -0.4 is 5.32 Å². The van der Waals surface area contributed by atoms with Gasteiger partial charge < -0.3 is 5.32 Å². The molecule has 1 atom stereocenters. The quantitative estimate of drug-likeness (QED) is 0.803. The number of nitrogens with one attached hydrogen (secondary N) is 1. The van der Waals surface area contributed by atoms with Crippen LogP contribution in [-0.4, -0.2) is 19.6 Å². The molecule has 108 valence electrons. The highest BCUT2D eigenvalue weighted by molar-refractivity contribution is 6.33. The van der Waals surface area contributed by atoms with Crippen LogP contribution in [-0.2, 0) is 0 Å². The Morgan fingerprint density at radius 2 is 1.90 bits per heavy atom. The van der Waals surface area contributed by atoms with Crippen LogP contribution in [0.15, 0.2) is 30.6 Å². The molecule has 0 unspecified atom stereocenters. The third-order valence-corrected chi connectivity index (χ3v) is 3.92. The van der Waals surface area contributed by atoms with Crippen LogP contribution in [0.4, 0.5) is 5.82 Å². The van der Waals surface area contributed by atoms with Crippen LogP contribution in [0.1, 0.15) is 29.8 Å². The molecule has 0 spiro atoms. The van der Waals surface area contributed by atoms with E-state index in [0.717, 1.165) is 5.69 Å².